The summed E-state index contributed by atoms with van der Waals surface area (Å²) in [5, 5.41) is 2.94. The standard InChI is InChI=1S/C14H17ClN2O2/c1-2-3-4-9-12(13(16)18)17-14(19)10-7-5-6-8-11(10)15/h2,5-8,12H,1,3-4,9H2,(H2,16,18)(H,17,19)/t12-/m0/s1. The Morgan fingerprint density at radius 2 is 2.11 bits per heavy atom. The quantitative estimate of drug-likeness (QED) is 0.594. The molecule has 0 radical (unpaired) electrons. The lowest BCUT2D eigenvalue weighted by molar-refractivity contribution is -0.120. The van der Waals surface area contributed by atoms with E-state index in [4.69, 9.17) is 17.3 Å². The number of allylic oxidation sites excluding steroid dienone is 1. The molecule has 102 valence electrons. The number of benzene rings is 1. The highest BCUT2D eigenvalue weighted by atomic mass is 35.5. The fraction of sp³-hybridized carbons (Fsp3) is 0.286. The van der Waals surface area contributed by atoms with E-state index in [1.165, 1.54) is 0 Å². The number of unbranched alkanes of at least 4 members (excludes halogenated alkanes) is 1. The normalized spacial score (nSPS) is 11.6. The number of hydrogen-bond acceptors (Lipinski definition) is 2. The Hall–Kier alpha value is -1.81. The number of carbonyl (C=O) groups excluding carboxylic acids is 2. The van der Waals surface area contributed by atoms with Gasteiger partial charge in [-0.1, -0.05) is 29.8 Å². The zero-order valence-corrected chi connectivity index (χ0v) is 11.3. The number of halogens is 1. The maximum absolute atomic E-state index is 12.0. The minimum absolute atomic E-state index is 0.333. The molecule has 0 heterocycles. The van der Waals surface area contributed by atoms with Crippen LogP contribution in [0.15, 0.2) is 36.9 Å². The number of nitrogens with two attached hydrogens (primary N) is 1. The Kier molecular flexibility index (Phi) is 6.09. The number of primary amides is 1. The van der Waals surface area contributed by atoms with Gasteiger partial charge in [0.2, 0.25) is 5.91 Å². The van der Waals surface area contributed by atoms with Gasteiger partial charge in [-0.05, 0) is 31.4 Å². The summed E-state index contributed by atoms with van der Waals surface area (Å²) in [4.78, 5) is 23.3. The molecule has 0 bridgehead atoms. The summed E-state index contributed by atoms with van der Waals surface area (Å²) in [5.74, 6) is -0.947. The van der Waals surface area contributed by atoms with Crippen LogP contribution < -0.4 is 11.1 Å². The third-order valence-corrected chi connectivity index (χ3v) is 3.00. The van der Waals surface area contributed by atoms with E-state index in [-0.39, 0.29) is 0 Å². The van der Waals surface area contributed by atoms with Crippen molar-refractivity contribution >= 4 is 23.4 Å². The van der Waals surface area contributed by atoms with Crippen LogP contribution in [0.4, 0.5) is 0 Å². The largest absolute Gasteiger partial charge is 0.368 e. The van der Waals surface area contributed by atoms with Gasteiger partial charge in [0.05, 0.1) is 10.6 Å². The van der Waals surface area contributed by atoms with Crippen molar-refractivity contribution in [1.29, 1.82) is 0 Å². The minimum atomic E-state index is -0.691. The Bertz CT molecular complexity index is 474. The Morgan fingerprint density at radius 1 is 1.42 bits per heavy atom. The summed E-state index contributed by atoms with van der Waals surface area (Å²) in [6.07, 6.45) is 3.75. The predicted molar refractivity (Wildman–Crippen MR) is 75.9 cm³/mol. The van der Waals surface area contributed by atoms with Gasteiger partial charge in [-0.3, -0.25) is 9.59 Å². The average molecular weight is 281 g/mol. The van der Waals surface area contributed by atoms with Gasteiger partial charge in [-0.2, -0.15) is 0 Å². The average Bonchev–Trinajstić information content (AvgIpc) is 2.38. The fourth-order valence-electron chi connectivity index (χ4n) is 1.63. The third-order valence-electron chi connectivity index (χ3n) is 2.67. The number of nitrogens with one attached hydrogen (secondary N) is 1. The summed E-state index contributed by atoms with van der Waals surface area (Å²) in [5.41, 5.74) is 5.60. The summed E-state index contributed by atoms with van der Waals surface area (Å²) in [6, 6.07) is 5.96. The smallest absolute Gasteiger partial charge is 0.253 e. The zero-order valence-electron chi connectivity index (χ0n) is 10.6. The van der Waals surface area contributed by atoms with Crippen molar-refractivity contribution in [2.24, 2.45) is 5.73 Å². The molecule has 0 aliphatic carbocycles. The molecule has 1 aromatic rings. The minimum Gasteiger partial charge on any atom is -0.368 e. The summed E-state index contributed by atoms with van der Waals surface area (Å²) in [7, 11) is 0. The molecule has 5 heteroatoms. The van der Waals surface area contributed by atoms with E-state index in [9.17, 15) is 9.59 Å². The number of rotatable bonds is 7. The van der Waals surface area contributed by atoms with Crippen LogP contribution in [-0.4, -0.2) is 17.9 Å². The van der Waals surface area contributed by atoms with Gasteiger partial charge in [-0.25, -0.2) is 0 Å². The molecule has 0 saturated carbocycles. The van der Waals surface area contributed by atoms with E-state index >= 15 is 0 Å². The van der Waals surface area contributed by atoms with E-state index < -0.39 is 17.9 Å². The molecule has 0 spiro atoms. The predicted octanol–water partition coefficient (Wildman–Crippen LogP) is 2.28. The van der Waals surface area contributed by atoms with Crippen LogP contribution in [0.25, 0.3) is 0 Å². The van der Waals surface area contributed by atoms with Crippen LogP contribution in [-0.2, 0) is 4.79 Å². The highest BCUT2D eigenvalue weighted by Crippen LogP contribution is 2.15. The van der Waals surface area contributed by atoms with Gasteiger partial charge in [0.25, 0.3) is 5.91 Å². The molecule has 1 aromatic carbocycles. The van der Waals surface area contributed by atoms with Gasteiger partial charge in [0.15, 0.2) is 0 Å². The lowest BCUT2D eigenvalue weighted by atomic mass is 10.1. The van der Waals surface area contributed by atoms with Crippen molar-refractivity contribution in [2.45, 2.75) is 25.3 Å². The third kappa shape index (κ3) is 4.75. The van der Waals surface area contributed by atoms with Crippen molar-refractivity contribution in [3.05, 3.63) is 47.5 Å². The molecule has 0 aliphatic heterocycles. The van der Waals surface area contributed by atoms with E-state index in [1.807, 2.05) is 0 Å². The van der Waals surface area contributed by atoms with Crippen molar-refractivity contribution in [3.8, 4) is 0 Å². The molecule has 0 saturated heterocycles. The molecule has 0 fully saturated rings. The second kappa shape index (κ2) is 7.59. The highest BCUT2D eigenvalue weighted by Gasteiger charge is 2.19. The van der Waals surface area contributed by atoms with E-state index in [0.29, 0.717) is 17.0 Å². The second-order valence-electron chi connectivity index (χ2n) is 4.13. The summed E-state index contributed by atoms with van der Waals surface area (Å²) < 4.78 is 0. The van der Waals surface area contributed by atoms with Gasteiger partial charge in [0, 0.05) is 0 Å². The SMILES string of the molecule is C=CCCC[C@H](NC(=O)c1ccccc1Cl)C(N)=O. The highest BCUT2D eigenvalue weighted by molar-refractivity contribution is 6.33. The molecule has 0 aromatic heterocycles. The van der Waals surface area contributed by atoms with Gasteiger partial charge in [-0.15, -0.1) is 6.58 Å². The molecule has 0 aliphatic rings. The van der Waals surface area contributed by atoms with Crippen molar-refractivity contribution in [1.82, 2.24) is 5.32 Å². The van der Waals surface area contributed by atoms with E-state index in [2.05, 4.69) is 11.9 Å². The summed E-state index contributed by atoms with van der Waals surface area (Å²) in [6.45, 7) is 3.60. The van der Waals surface area contributed by atoms with Crippen molar-refractivity contribution in [3.63, 3.8) is 0 Å². The van der Waals surface area contributed by atoms with Crippen LogP contribution in [0.5, 0.6) is 0 Å². The molecule has 3 N–H and O–H groups in total. The molecule has 4 nitrogen and oxygen atoms in total. The zero-order chi connectivity index (χ0) is 14.3. The number of hydrogen-bond donors (Lipinski definition) is 2. The first kappa shape index (κ1) is 15.2. The van der Waals surface area contributed by atoms with E-state index in [0.717, 1.165) is 12.8 Å². The first-order chi connectivity index (χ1) is 9.06. The molecule has 1 rings (SSSR count). The maximum atomic E-state index is 12.0. The molecular formula is C14H17ClN2O2. The molecule has 0 unspecified atom stereocenters. The topological polar surface area (TPSA) is 72.2 Å². The van der Waals surface area contributed by atoms with Crippen LogP contribution >= 0.6 is 11.6 Å². The Balaban J connectivity index is 2.69. The van der Waals surface area contributed by atoms with Crippen LogP contribution in [0.2, 0.25) is 5.02 Å². The first-order valence-electron chi connectivity index (χ1n) is 6.02. The monoisotopic (exact) mass is 280 g/mol. The molecule has 2 amide bonds. The van der Waals surface area contributed by atoms with Crippen LogP contribution in [0, 0.1) is 0 Å². The Morgan fingerprint density at radius 3 is 2.68 bits per heavy atom. The number of amides is 2. The van der Waals surface area contributed by atoms with Crippen LogP contribution in [0.1, 0.15) is 29.6 Å². The lowest BCUT2D eigenvalue weighted by Crippen LogP contribution is -2.44. The molecule has 19 heavy (non-hydrogen) atoms. The van der Waals surface area contributed by atoms with Crippen molar-refractivity contribution < 1.29 is 9.59 Å². The molecular weight excluding hydrogens is 264 g/mol. The van der Waals surface area contributed by atoms with Gasteiger partial charge >= 0.3 is 0 Å². The van der Waals surface area contributed by atoms with Gasteiger partial charge < -0.3 is 11.1 Å². The van der Waals surface area contributed by atoms with Gasteiger partial charge in [0.1, 0.15) is 6.04 Å². The maximum Gasteiger partial charge on any atom is 0.253 e. The lowest BCUT2D eigenvalue weighted by Gasteiger charge is -2.15. The first-order valence-corrected chi connectivity index (χ1v) is 6.39. The van der Waals surface area contributed by atoms with E-state index in [1.54, 1.807) is 30.3 Å². The summed E-state index contributed by atoms with van der Waals surface area (Å²) >= 11 is 5.92. The second-order valence-corrected chi connectivity index (χ2v) is 4.54. The molecule has 1 atom stereocenters. The van der Waals surface area contributed by atoms with Crippen molar-refractivity contribution in [2.75, 3.05) is 0 Å². The Labute approximate surface area is 117 Å². The fourth-order valence-corrected chi connectivity index (χ4v) is 1.85. The number of carbonyl (C=O) groups is 2. The van der Waals surface area contributed by atoms with Crippen LogP contribution in [0.3, 0.4) is 0 Å².